The van der Waals surface area contributed by atoms with Gasteiger partial charge in [0.25, 0.3) is 0 Å². The molecule has 16 heavy (non-hydrogen) atoms. The molecule has 0 spiro atoms. The van der Waals surface area contributed by atoms with Gasteiger partial charge in [-0.15, -0.1) is 13.2 Å². The summed E-state index contributed by atoms with van der Waals surface area (Å²) in [5.41, 5.74) is 1.20. The van der Waals surface area contributed by atoms with Gasteiger partial charge < -0.3 is 4.74 Å². The molecule has 0 atom stereocenters. The molecule has 0 radical (unpaired) electrons. The summed E-state index contributed by atoms with van der Waals surface area (Å²) in [5, 5.41) is 0. The van der Waals surface area contributed by atoms with E-state index in [0.29, 0.717) is 0 Å². The molecule has 84 valence electrons. The molecule has 0 aliphatic carbocycles. The summed E-state index contributed by atoms with van der Waals surface area (Å²) < 4.78 is 6.04. The molecule has 4 heteroatoms. The highest BCUT2D eigenvalue weighted by atomic mass is 32.9. The summed E-state index contributed by atoms with van der Waals surface area (Å²) in [4.78, 5) is 1.22. The summed E-state index contributed by atoms with van der Waals surface area (Å²) >= 11 is 5.09. The second-order valence-electron chi connectivity index (χ2n) is 2.72. The van der Waals surface area contributed by atoms with Gasteiger partial charge in [-0.25, -0.2) is 0 Å². The van der Waals surface area contributed by atoms with E-state index < -0.39 is 0 Å². The Hall–Kier alpha value is -0.970. The van der Waals surface area contributed by atoms with Crippen molar-refractivity contribution in [2.24, 2.45) is 0 Å². The summed E-state index contributed by atoms with van der Waals surface area (Å²) in [5.74, 6) is 0.882. The first-order chi connectivity index (χ1) is 7.79. The highest BCUT2D eigenvalue weighted by Crippen LogP contribution is 2.30. The maximum absolute atomic E-state index is 5.10. The van der Waals surface area contributed by atoms with Crippen LogP contribution in [-0.4, -0.2) is 7.11 Å². The zero-order chi connectivity index (χ0) is 12.0. The first kappa shape index (κ1) is 13.1. The summed E-state index contributed by atoms with van der Waals surface area (Å²) in [7, 11) is 5.02. The molecule has 0 saturated heterocycles. The molecule has 0 amide bonds. The minimum atomic E-state index is 0.882. The van der Waals surface area contributed by atoms with Crippen molar-refractivity contribution in [1.29, 1.82) is 0 Å². The Morgan fingerprint density at radius 1 is 1.12 bits per heavy atom. The van der Waals surface area contributed by atoms with Gasteiger partial charge in [0, 0.05) is 4.88 Å². The van der Waals surface area contributed by atoms with Gasteiger partial charge in [0.15, 0.2) is 0 Å². The fourth-order valence-corrected chi connectivity index (χ4v) is 3.53. The number of methoxy groups -OCH3 is 1. The fraction of sp³-hybridized carbons (Fsp3) is 0.0833. The Labute approximate surface area is 108 Å². The lowest BCUT2D eigenvalue weighted by Crippen LogP contribution is -1.81. The third-order valence-electron chi connectivity index (χ3n) is 1.84. The Kier molecular flexibility index (Phi) is 5.38. The van der Waals surface area contributed by atoms with Crippen LogP contribution in [0.25, 0.3) is 10.4 Å². The van der Waals surface area contributed by atoms with Gasteiger partial charge in [-0.3, -0.25) is 0 Å². The van der Waals surface area contributed by atoms with E-state index in [2.05, 4.69) is 13.2 Å². The topological polar surface area (TPSA) is 9.23 Å². The largest absolute Gasteiger partial charge is 0.497 e. The van der Waals surface area contributed by atoms with Gasteiger partial charge in [0.05, 0.1) is 7.11 Å². The molecule has 1 nitrogen and oxygen atoms in total. The van der Waals surface area contributed by atoms with Crippen molar-refractivity contribution in [3.8, 4) is 16.2 Å². The van der Waals surface area contributed by atoms with Crippen LogP contribution in [0.4, 0.5) is 0 Å². The highest BCUT2D eigenvalue weighted by Gasteiger charge is 2.00. The van der Waals surface area contributed by atoms with E-state index in [9.17, 15) is 0 Å². The zero-order valence-electron chi connectivity index (χ0n) is 8.93. The van der Waals surface area contributed by atoms with E-state index >= 15 is 0 Å². The standard InChI is InChI=1S/C10H8OS3.C2H4/c1-11-8-4-2-7(3-5-8)9-6-10(12)14-13-9;1-2/h2-6H,1H3;1-2H2. The molecule has 2 rings (SSSR count). The SMILES string of the molecule is C=C.COc1ccc(-c2cc(=S)ss2)cc1. The van der Waals surface area contributed by atoms with Crippen molar-refractivity contribution < 1.29 is 4.74 Å². The van der Waals surface area contributed by atoms with Gasteiger partial charge in [-0.1, -0.05) is 32.9 Å². The summed E-state index contributed by atoms with van der Waals surface area (Å²) in [6, 6.07) is 10.1. The summed E-state index contributed by atoms with van der Waals surface area (Å²) in [6.45, 7) is 6.00. The minimum absolute atomic E-state index is 0.882. The van der Waals surface area contributed by atoms with Gasteiger partial charge in [0.2, 0.25) is 0 Å². The van der Waals surface area contributed by atoms with Crippen molar-refractivity contribution >= 4 is 32.9 Å². The van der Waals surface area contributed by atoms with Crippen LogP contribution in [0.3, 0.4) is 0 Å². The van der Waals surface area contributed by atoms with E-state index in [1.165, 1.54) is 10.4 Å². The van der Waals surface area contributed by atoms with Gasteiger partial charge >= 0.3 is 0 Å². The predicted molar refractivity (Wildman–Crippen MR) is 76.3 cm³/mol. The van der Waals surface area contributed by atoms with Crippen LogP contribution in [0.15, 0.2) is 43.5 Å². The van der Waals surface area contributed by atoms with Crippen LogP contribution >= 0.6 is 32.9 Å². The van der Waals surface area contributed by atoms with Crippen molar-refractivity contribution in [2.75, 3.05) is 7.11 Å². The second kappa shape index (κ2) is 6.58. The smallest absolute Gasteiger partial charge is 0.118 e. The van der Waals surface area contributed by atoms with E-state index in [4.69, 9.17) is 17.0 Å². The van der Waals surface area contributed by atoms with Crippen molar-refractivity contribution in [2.45, 2.75) is 0 Å². The molecule has 1 aromatic carbocycles. The number of benzene rings is 1. The molecule has 2 aromatic rings. The number of rotatable bonds is 2. The monoisotopic (exact) mass is 268 g/mol. The lowest BCUT2D eigenvalue weighted by molar-refractivity contribution is 0.415. The van der Waals surface area contributed by atoms with Crippen LogP contribution in [0.2, 0.25) is 0 Å². The van der Waals surface area contributed by atoms with Gasteiger partial charge in [0.1, 0.15) is 9.57 Å². The van der Waals surface area contributed by atoms with Gasteiger partial charge in [-0.05, 0) is 35.9 Å². The molecule has 0 saturated carbocycles. The molecule has 1 heterocycles. The number of hydrogen-bond acceptors (Lipinski definition) is 4. The Morgan fingerprint density at radius 3 is 2.19 bits per heavy atom. The van der Waals surface area contributed by atoms with Crippen molar-refractivity contribution in [3.05, 3.63) is 47.3 Å². The third-order valence-corrected chi connectivity index (χ3v) is 4.75. The molecule has 0 fully saturated rings. The lowest BCUT2D eigenvalue weighted by atomic mass is 10.2. The molecule has 0 N–H and O–H groups in total. The Bertz CT molecular complexity index is 481. The van der Waals surface area contributed by atoms with Crippen molar-refractivity contribution in [3.63, 3.8) is 0 Å². The average Bonchev–Trinajstić information content (AvgIpc) is 2.79. The number of hydrogen-bond donors (Lipinski definition) is 0. The molecular weight excluding hydrogens is 256 g/mol. The average molecular weight is 268 g/mol. The quantitative estimate of drug-likeness (QED) is 0.430. The van der Waals surface area contributed by atoms with Crippen LogP contribution in [0.1, 0.15) is 0 Å². The maximum Gasteiger partial charge on any atom is 0.118 e. The first-order valence-corrected chi connectivity index (χ1v) is 7.10. The van der Waals surface area contributed by atoms with E-state index in [0.717, 1.165) is 9.57 Å². The van der Waals surface area contributed by atoms with Crippen LogP contribution in [0, 0.1) is 3.82 Å². The molecular formula is C12H12OS3. The van der Waals surface area contributed by atoms with Gasteiger partial charge in [-0.2, -0.15) is 0 Å². The van der Waals surface area contributed by atoms with Crippen LogP contribution in [-0.2, 0) is 0 Å². The zero-order valence-corrected chi connectivity index (χ0v) is 11.4. The highest BCUT2D eigenvalue weighted by molar-refractivity contribution is 7.80. The Balaban J connectivity index is 0.000000606. The molecule has 0 bridgehead atoms. The molecule has 0 aliphatic rings. The molecule has 1 aromatic heterocycles. The van der Waals surface area contributed by atoms with E-state index in [-0.39, 0.29) is 0 Å². The Morgan fingerprint density at radius 2 is 1.75 bits per heavy atom. The maximum atomic E-state index is 5.10. The fourth-order valence-electron chi connectivity index (χ4n) is 1.13. The normalized spacial score (nSPS) is 9.06. The van der Waals surface area contributed by atoms with Crippen molar-refractivity contribution in [1.82, 2.24) is 0 Å². The van der Waals surface area contributed by atoms with E-state index in [1.54, 1.807) is 27.8 Å². The van der Waals surface area contributed by atoms with E-state index in [1.807, 2.05) is 30.3 Å². The molecule has 0 unspecified atom stereocenters. The number of ether oxygens (including phenoxy) is 1. The predicted octanol–water partition coefficient (Wildman–Crippen LogP) is 5.02. The third kappa shape index (κ3) is 3.27. The summed E-state index contributed by atoms with van der Waals surface area (Å²) in [6.07, 6.45) is 0. The second-order valence-corrected chi connectivity index (χ2v) is 5.63. The first-order valence-electron chi connectivity index (χ1n) is 4.54. The minimum Gasteiger partial charge on any atom is -0.497 e. The lowest BCUT2D eigenvalue weighted by Gasteiger charge is -2.00. The molecule has 0 aliphatic heterocycles. The van der Waals surface area contributed by atoms with Crippen LogP contribution < -0.4 is 4.74 Å². The van der Waals surface area contributed by atoms with Crippen LogP contribution in [0.5, 0.6) is 5.75 Å².